The van der Waals surface area contributed by atoms with Crippen LogP contribution in [0.25, 0.3) is 5.57 Å². The van der Waals surface area contributed by atoms with Gasteiger partial charge in [0.05, 0.1) is 0 Å². The lowest BCUT2D eigenvalue weighted by Crippen LogP contribution is -1.79. The minimum Gasteiger partial charge on any atom is -0.103 e. The van der Waals surface area contributed by atoms with E-state index in [-0.39, 0.29) is 0 Å². The van der Waals surface area contributed by atoms with E-state index in [9.17, 15) is 0 Å². The van der Waals surface area contributed by atoms with Crippen molar-refractivity contribution in [2.24, 2.45) is 0 Å². The number of allylic oxidation sites excluding steroid dienone is 3. The van der Waals surface area contributed by atoms with Gasteiger partial charge in [0.15, 0.2) is 0 Å². The van der Waals surface area contributed by atoms with E-state index in [1.54, 1.807) is 6.08 Å². The van der Waals surface area contributed by atoms with Crippen LogP contribution in [-0.2, 0) is 0 Å². The monoisotopic (exact) mass is 370 g/mol. The van der Waals surface area contributed by atoms with Gasteiger partial charge in [-0.1, -0.05) is 127 Å². The summed E-state index contributed by atoms with van der Waals surface area (Å²) in [6, 6.07) is 20.8. The van der Waals surface area contributed by atoms with E-state index >= 15 is 0 Å². The summed E-state index contributed by atoms with van der Waals surface area (Å²) in [6.45, 7) is 23.6. The van der Waals surface area contributed by atoms with Crippen molar-refractivity contribution in [3.63, 3.8) is 0 Å². The van der Waals surface area contributed by atoms with E-state index in [0.29, 0.717) is 0 Å². The summed E-state index contributed by atoms with van der Waals surface area (Å²) in [5.41, 5.74) is 4.09. The molecule has 0 nitrogen and oxygen atoms in total. The summed E-state index contributed by atoms with van der Waals surface area (Å²) in [5, 5.41) is 0. The Morgan fingerprint density at radius 2 is 1.07 bits per heavy atom. The molecule has 2 aromatic rings. The molecule has 0 heterocycles. The van der Waals surface area contributed by atoms with Crippen molar-refractivity contribution < 1.29 is 0 Å². The van der Waals surface area contributed by atoms with E-state index in [4.69, 9.17) is 0 Å². The van der Waals surface area contributed by atoms with Crippen LogP contribution < -0.4 is 0 Å². The Bertz CT molecular complexity index is 492. The molecule has 0 saturated heterocycles. The second-order valence-electron chi connectivity index (χ2n) is 4.60. The smallest absolute Gasteiger partial charge is 0.0228 e. The fraction of sp³-hybridized carbons (Fsp3) is 0.407. The normalized spacial score (nSPS) is 8.15. The summed E-state index contributed by atoms with van der Waals surface area (Å²) < 4.78 is 0. The van der Waals surface area contributed by atoms with Crippen molar-refractivity contribution in [2.75, 3.05) is 0 Å². The predicted octanol–water partition coefficient (Wildman–Crippen LogP) is 9.77. The zero-order valence-corrected chi connectivity index (χ0v) is 19.8. The zero-order chi connectivity index (χ0) is 21.9. The fourth-order valence-electron chi connectivity index (χ4n) is 1.76. The van der Waals surface area contributed by atoms with Crippen LogP contribution in [0.15, 0.2) is 79.4 Å². The van der Waals surface area contributed by atoms with E-state index in [0.717, 1.165) is 6.42 Å². The van der Waals surface area contributed by atoms with Crippen LogP contribution >= 0.6 is 0 Å². The highest BCUT2D eigenvalue weighted by molar-refractivity contribution is 5.64. The van der Waals surface area contributed by atoms with E-state index in [1.807, 2.05) is 72.7 Å². The molecule has 0 spiro atoms. The van der Waals surface area contributed by atoms with Crippen LogP contribution in [0.5, 0.6) is 0 Å². The van der Waals surface area contributed by atoms with Gasteiger partial charge in [-0.2, -0.15) is 0 Å². The molecule has 0 aliphatic carbocycles. The van der Waals surface area contributed by atoms with Crippen LogP contribution in [0.4, 0.5) is 0 Å². The highest BCUT2D eigenvalue weighted by Crippen LogP contribution is 2.16. The van der Waals surface area contributed by atoms with Crippen molar-refractivity contribution >= 4 is 5.57 Å². The fourth-order valence-corrected chi connectivity index (χ4v) is 1.76. The van der Waals surface area contributed by atoms with Crippen LogP contribution in [0.1, 0.15) is 79.9 Å². The molecule has 0 heteroatoms. The Hall–Kier alpha value is -2.08. The standard InChI is InChI=1S/C11H14.C7H8.C3H6.3C2H6/c1-3-10(4-2)11-8-6-5-7-9-11;1-7-5-3-2-4-6-7;1-3-2;3*1-2/h3,5-9H,4H2,1-2H3;2-6H,1H3;3H,1H2,2H3;3*1-2H3/b10-3+;;;;;. The van der Waals surface area contributed by atoms with Gasteiger partial charge in [-0.25, -0.2) is 0 Å². The first-order valence-corrected chi connectivity index (χ1v) is 10.5. The van der Waals surface area contributed by atoms with Crippen molar-refractivity contribution in [3.05, 3.63) is 90.5 Å². The van der Waals surface area contributed by atoms with E-state index in [2.05, 4.69) is 69.8 Å². The molecule has 0 fully saturated rings. The minimum absolute atomic E-state index is 1.11. The Kier molecular flexibility index (Phi) is 38.2. The average molecular weight is 371 g/mol. The minimum atomic E-state index is 1.11. The summed E-state index contributed by atoms with van der Waals surface area (Å²) in [5.74, 6) is 0. The first-order valence-electron chi connectivity index (χ1n) is 10.5. The Balaban J connectivity index is -0.000000143. The highest BCUT2D eigenvalue weighted by Gasteiger charge is 1.93. The summed E-state index contributed by atoms with van der Waals surface area (Å²) in [4.78, 5) is 0. The largest absolute Gasteiger partial charge is 0.103 e. The van der Waals surface area contributed by atoms with Crippen molar-refractivity contribution in [3.8, 4) is 0 Å². The first kappa shape index (κ1) is 32.6. The molecule has 154 valence electrons. The molecule has 2 aromatic carbocycles. The highest BCUT2D eigenvalue weighted by atomic mass is 14.0. The van der Waals surface area contributed by atoms with Gasteiger partial charge in [-0.15, -0.1) is 6.58 Å². The molecule has 0 aromatic heterocycles. The predicted molar refractivity (Wildman–Crippen MR) is 131 cm³/mol. The third kappa shape index (κ3) is 23.9. The Morgan fingerprint density at radius 3 is 1.30 bits per heavy atom. The number of rotatable bonds is 2. The van der Waals surface area contributed by atoms with Crippen LogP contribution in [0.3, 0.4) is 0 Å². The van der Waals surface area contributed by atoms with Gasteiger partial charge in [-0.05, 0) is 38.3 Å². The molecule has 0 saturated carbocycles. The Labute approximate surface area is 172 Å². The molecule has 2 rings (SSSR count). The molecule has 0 amide bonds. The van der Waals surface area contributed by atoms with Gasteiger partial charge in [0, 0.05) is 0 Å². The van der Waals surface area contributed by atoms with Gasteiger partial charge >= 0.3 is 0 Å². The van der Waals surface area contributed by atoms with Crippen molar-refractivity contribution in [1.29, 1.82) is 0 Å². The topological polar surface area (TPSA) is 0 Å². The number of hydrogen-bond acceptors (Lipinski definition) is 0. The molecule has 27 heavy (non-hydrogen) atoms. The number of aryl methyl sites for hydroxylation is 1. The van der Waals surface area contributed by atoms with Crippen LogP contribution in [-0.4, -0.2) is 0 Å². The number of benzene rings is 2. The van der Waals surface area contributed by atoms with E-state index < -0.39 is 0 Å². The van der Waals surface area contributed by atoms with Gasteiger partial charge in [0.25, 0.3) is 0 Å². The molecule has 0 radical (unpaired) electrons. The van der Waals surface area contributed by atoms with Crippen molar-refractivity contribution in [1.82, 2.24) is 0 Å². The van der Waals surface area contributed by atoms with E-state index in [1.165, 1.54) is 16.7 Å². The SMILES string of the molecule is C/C=C(\CC)c1ccccc1.C=CC.CC.CC.CC.Cc1ccccc1. The summed E-state index contributed by atoms with van der Waals surface area (Å²) in [7, 11) is 0. The maximum Gasteiger partial charge on any atom is -0.0228 e. The van der Waals surface area contributed by atoms with Crippen LogP contribution in [0.2, 0.25) is 0 Å². The quantitative estimate of drug-likeness (QED) is 0.461. The lowest BCUT2D eigenvalue weighted by molar-refractivity contribution is 1.23. The third-order valence-electron chi connectivity index (χ3n) is 2.81. The first-order chi connectivity index (χ1) is 13.2. The summed E-state index contributed by atoms with van der Waals surface area (Å²) >= 11 is 0. The Morgan fingerprint density at radius 1 is 0.741 bits per heavy atom. The second-order valence-corrected chi connectivity index (χ2v) is 4.60. The van der Waals surface area contributed by atoms with Gasteiger partial charge in [-0.3, -0.25) is 0 Å². The van der Waals surface area contributed by atoms with Gasteiger partial charge < -0.3 is 0 Å². The maximum absolute atomic E-state index is 3.36. The molecule has 0 aliphatic rings. The van der Waals surface area contributed by atoms with Gasteiger partial charge in [0.1, 0.15) is 0 Å². The molecule has 0 aliphatic heterocycles. The molecule has 0 bridgehead atoms. The zero-order valence-electron chi connectivity index (χ0n) is 19.8. The number of hydrogen-bond donors (Lipinski definition) is 0. The maximum atomic E-state index is 3.36. The van der Waals surface area contributed by atoms with Crippen molar-refractivity contribution in [2.45, 2.75) is 75.7 Å². The lowest BCUT2D eigenvalue weighted by atomic mass is 10.0. The molecular weight excluding hydrogens is 324 g/mol. The average Bonchev–Trinajstić information content (AvgIpc) is 2.76. The molecular formula is C27H46. The summed E-state index contributed by atoms with van der Waals surface area (Å²) in [6.07, 6.45) is 5.04. The van der Waals surface area contributed by atoms with Gasteiger partial charge in [0.2, 0.25) is 0 Å². The molecule has 0 unspecified atom stereocenters. The van der Waals surface area contributed by atoms with Crippen LogP contribution in [0, 0.1) is 6.92 Å². The molecule has 0 N–H and O–H groups in total. The molecule has 0 atom stereocenters. The third-order valence-corrected chi connectivity index (χ3v) is 2.81. The lowest BCUT2D eigenvalue weighted by Gasteiger charge is -2.01. The second kappa shape index (κ2) is 31.7.